The second-order valence-corrected chi connectivity index (χ2v) is 10.5. The van der Waals surface area contributed by atoms with Crippen molar-refractivity contribution in [2.75, 3.05) is 18.4 Å². The number of amides is 2. The van der Waals surface area contributed by atoms with E-state index in [0.717, 1.165) is 35.2 Å². The summed E-state index contributed by atoms with van der Waals surface area (Å²) in [5.74, 6) is -1.13. The van der Waals surface area contributed by atoms with E-state index in [9.17, 15) is 33.0 Å². The fourth-order valence-corrected chi connectivity index (χ4v) is 4.85. The Kier molecular flexibility index (Phi) is 10.8. The van der Waals surface area contributed by atoms with Gasteiger partial charge in [0.1, 0.15) is 5.00 Å². The minimum atomic E-state index is -4.64. The quantitative estimate of drug-likeness (QED) is 0.184. The summed E-state index contributed by atoms with van der Waals surface area (Å²) in [7, 11) is 0. The largest absolute Gasteiger partial charge is 0.417 e. The molecule has 3 rings (SSSR count). The number of hydrazone groups is 1. The van der Waals surface area contributed by atoms with Crippen LogP contribution in [0.1, 0.15) is 51.3 Å². The molecule has 0 aliphatic carbocycles. The van der Waals surface area contributed by atoms with Crippen LogP contribution < -0.4 is 10.7 Å². The Morgan fingerprint density at radius 1 is 1.07 bits per heavy atom. The molecule has 0 fully saturated rings. The summed E-state index contributed by atoms with van der Waals surface area (Å²) < 4.78 is 39.2. The smallest absolute Gasteiger partial charge is 0.392 e. The Hall–Kier alpha value is -3.29. The molecule has 8 nitrogen and oxygen atoms in total. The van der Waals surface area contributed by atoms with Crippen LogP contribution in [0.3, 0.4) is 0 Å². The highest BCUT2D eigenvalue weighted by atomic mass is 35.5. The zero-order chi connectivity index (χ0) is 29.4. The monoisotopic (exact) mass is 596 g/mol. The van der Waals surface area contributed by atoms with E-state index >= 15 is 0 Å². The summed E-state index contributed by atoms with van der Waals surface area (Å²) in [5.41, 5.74) is 2.57. The molecule has 1 aromatic heterocycles. The fraction of sp³-hybridized carbons (Fsp3) is 0.296. The third kappa shape index (κ3) is 9.14. The van der Waals surface area contributed by atoms with Crippen molar-refractivity contribution in [1.82, 2.24) is 10.3 Å². The molecule has 2 atom stereocenters. The van der Waals surface area contributed by atoms with Gasteiger partial charge in [0.05, 0.1) is 34.6 Å². The topological polar surface area (TPSA) is 114 Å². The van der Waals surface area contributed by atoms with Crippen molar-refractivity contribution in [2.45, 2.75) is 38.8 Å². The van der Waals surface area contributed by atoms with Crippen molar-refractivity contribution >= 4 is 46.0 Å². The molecule has 13 heteroatoms. The molecule has 214 valence electrons. The molecular formula is C27H28ClF3N4O4S. The molecule has 3 aromatic rings. The minimum absolute atomic E-state index is 0.0798. The third-order valence-electron chi connectivity index (χ3n) is 5.45. The molecule has 4 N–H and O–H groups in total. The van der Waals surface area contributed by atoms with Gasteiger partial charge in [0.2, 0.25) is 0 Å². The van der Waals surface area contributed by atoms with Crippen LogP contribution in [0.15, 0.2) is 59.0 Å². The molecule has 2 aromatic carbocycles. The van der Waals surface area contributed by atoms with E-state index in [-0.39, 0.29) is 16.1 Å². The maximum Gasteiger partial charge on any atom is 0.417 e. The standard InChI is InChI=1S/C27H28ClF3N4O4S/c1-16(36)13-35(14-17(2)37)15-19-4-3-5-20(10-19)24(38)33-26-21(8-9-40-26)25(39)34-32-12-18-6-7-23(28)22(11-18)27(29,30)31/h3-12,16-17,36-37H,13-15H2,1-2H3,(H,33,38)(H,34,39)/b32-12-. The first-order chi connectivity index (χ1) is 18.8. The van der Waals surface area contributed by atoms with E-state index in [4.69, 9.17) is 11.6 Å². The van der Waals surface area contributed by atoms with Gasteiger partial charge >= 0.3 is 6.18 Å². The zero-order valence-electron chi connectivity index (χ0n) is 21.6. The Bertz CT molecular complexity index is 1350. The number of benzene rings is 2. The van der Waals surface area contributed by atoms with Gasteiger partial charge in [-0.15, -0.1) is 11.3 Å². The number of carbonyl (C=O) groups is 2. The summed E-state index contributed by atoms with van der Waals surface area (Å²) in [6.07, 6.45) is -4.77. The van der Waals surface area contributed by atoms with E-state index in [1.54, 1.807) is 37.4 Å². The zero-order valence-corrected chi connectivity index (χ0v) is 23.1. The molecule has 0 saturated carbocycles. The van der Waals surface area contributed by atoms with Gasteiger partial charge in [0.25, 0.3) is 11.8 Å². The molecule has 2 unspecified atom stereocenters. The van der Waals surface area contributed by atoms with Crippen LogP contribution in [0.4, 0.5) is 18.2 Å². The van der Waals surface area contributed by atoms with Crippen molar-refractivity contribution in [1.29, 1.82) is 0 Å². The van der Waals surface area contributed by atoms with Crippen LogP contribution in [0.5, 0.6) is 0 Å². The summed E-state index contributed by atoms with van der Waals surface area (Å²) in [6, 6.07) is 11.6. The molecule has 0 aliphatic heterocycles. The van der Waals surface area contributed by atoms with Crippen LogP contribution in [0.2, 0.25) is 5.02 Å². The van der Waals surface area contributed by atoms with Gasteiger partial charge in [-0.2, -0.15) is 18.3 Å². The van der Waals surface area contributed by atoms with Gasteiger partial charge in [-0.3, -0.25) is 14.5 Å². The predicted molar refractivity (Wildman–Crippen MR) is 149 cm³/mol. The first-order valence-corrected chi connectivity index (χ1v) is 13.4. The van der Waals surface area contributed by atoms with Gasteiger partial charge in [0, 0.05) is 25.2 Å². The number of thiophene rings is 1. The van der Waals surface area contributed by atoms with Gasteiger partial charge in [-0.1, -0.05) is 29.8 Å². The molecule has 0 aliphatic rings. The highest BCUT2D eigenvalue weighted by molar-refractivity contribution is 7.14. The molecule has 0 radical (unpaired) electrons. The van der Waals surface area contributed by atoms with Crippen LogP contribution in [-0.2, 0) is 12.7 Å². The maximum absolute atomic E-state index is 13.1. The average Bonchev–Trinajstić information content (AvgIpc) is 3.32. The van der Waals surface area contributed by atoms with E-state index in [1.807, 2.05) is 11.0 Å². The van der Waals surface area contributed by atoms with Gasteiger partial charge in [-0.05, 0) is 60.7 Å². The molecule has 40 heavy (non-hydrogen) atoms. The predicted octanol–water partition coefficient (Wildman–Crippen LogP) is 5.00. The molecule has 1 heterocycles. The van der Waals surface area contributed by atoms with E-state index in [0.29, 0.717) is 25.2 Å². The number of aliphatic hydroxyl groups excluding tert-OH is 2. The van der Waals surface area contributed by atoms with Crippen molar-refractivity contribution in [3.63, 3.8) is 0 Å². The number of hydrogen-bond acceptors (Lipinski definition) is 7. The van der Waals surface area contributed by atoms with Crippen molar-refractivity contribution in [3.8, 4) is 0 Å². The van der Waals surface area contributed by atoms with Crippen molar-refractivity contribution < 1.29 is 33.0 Å². The number of carbonyl (C=O) groups excluding carboxylic acids is 2. The average molecular weight is 597 g/mol. The van der Waals surface area contributed by atoms with E-state index in [2.05, 4.69) is 15.8 Å². The fourth-order valence-electron chi connectivity index (χ4n) is 3.85. The van der Waals surface area contributed by atoms with Crippen LogP contribution in [0.25, 0.3) is 0 Å². The Labute approximate surface area is 238 Å². The Morgan fingerprint density at radius 2 is 1.77 bits per heavy atom. The number of nitrogens with one attached hydrogen (secondary N) is 2. The lowest BCUT2D eigenvalue weighted by molar-refractivity contribution is -0.137. The molecule has 2 amide bonds. The second kappa shape index (κ2) is 13.9. The third-order valence-corrected chi connectivity index (χ3v) is 6.61. The number of aliphatic hydroxyl groups is 2. The highest BCUT2D eigenvalue weighted by Crippen LogP contribution is 2.34. The minimum Gasteiger partial charge on any atom is -0.392 e. The lowest BCUT2D eigenvalue weighted by atomic mass is 10.1. The van der Waals surface area contributed by atoms with Gasteiger partial charge in [0.15, 0.2) is 0 Å². The summed E-state index contributed by atoms with van der Waals surface area (Å²) in [6.45, 7) is 4.40. The number of rotatable bonds is 11. The SMILES string of the molecule is CC(O)CN(Cc1cccc(C(=O)Nc2sccc2C(=O)N/N=C\c2ccc(Cl)c(C(F)(F)F)c2)c1)CC(C)O. The molecule has 0 bridgehead atoms. The van der Waals surface area contributed by atoms with Gasteiger partial charge in [-0.25, -0.2) is 5.43 Å². The first kappa shape index (κ1) is 31.2. The summed E-state index contributed by atoms with van der Waals surface area (Å²) in [4.78, 5) is 27.5. The second-order valence-electron chi connectivity index (χ2n) is 9.15. The summed E-state index contributed by atoms with van der Waals surface area (Å²) >= 11 is 6.73. The first-order valence-electron chi connectivity index (χ1n) is 12.1. The highest BCUT2D eigenvalue weighted by Gasteiger charge is 2.33. The number of hydrogen-bond donors (Lipinski definition) is 4. The number of nitrogens with zero attached hydrogens (tertiary/aromatic N) is 2. The van der Waals surface area contributed by atoms with Gasteiger partial charge < -0.3 is 15.5 Å². The van der Waals surface area contributed by atoms with Crippen molar-refractivity contribution in [2.24, 2.45) is 5.10 Å². The van der Waals surface area contributed by atoms with Crippen LogP contribution in [0, 0.1) is 0 Å². The molecule has 0 saturated heterocycles. The van der Waals surface area contributed by atoms with E-state index < -0.39 is 40.8 Å². The molecular weight excluding hydrogens is 569 g/mol. The number of anilines is 1. The van der Waals surface area contributed by atoms with Crippen molar-refractivity contribution in [3.05, 3.63) is 86.8 Å². The Balaban J connectivity index is 1.66. The molecule has 0 spiro atoms. The number of alkyl halides is 3. The lowest BCUT2D eigenvalue weighted by Crippen LogP contribution is -2.35. The van der Waals surface area contributed by atoms with Crippen LogP contribution in [-0.4, -0.2) is 58.4 Å². The Morgan fingerprint density at radius 3 is 2.42 bits per heavy atom. The van der Waals surface area contributed by atoms with Crippen LogP contribution >= 0.6 is 22.9 Å². The van der Waals surface area contributed by atoms with E-state index in [1.165, 1.54) is 12.1 Å². The normalized spacial score (nSPS) is 13.4. The lowest BCUT2D eigenvalue weighted by Gasteiger charge is -2.25. The maximum atomic E-state index is 13.1. The number of halogens is 4. The summed E-state index contributed by atoms with van der Waals surface area (Å²) in [5, 5.41) is 27.4.